The first-order valence-corrected chi connectivity index (χ1v) is 8.56. The van der Waals surface area contributed by atoms with E-state index in [0.717, 1.165) is 36.0 Å². The highest BCUT2D eigenvalue weighted by Gasteiger charge is 2.24. The van der Waals surface area contributed by atoms with Crippen LogP contribution < -0.4 is 19.1 Å². The van der Waals surface area contributed by atoms with Crippen molar-refractivity contribution >= 4 is 11.6 Å². The first kappa shape index (κ1) is 17.9. The molecule has 1 aliphatic heterocycles. The fourth-order valence-electron chi connectivity index (χ4n) is 3.11. The Morgan fingerprint density at radius 1 is 0.808 bits per heavy atom. The number of amides is 1. The summed E-state index contributed by atoms with van der Waals surface area (Å²) in [5.41, 5.74) is 1.67. The summed E-state index contributed by atoms with van der Waals surface area (Å²) in [6, 6.07) is 13.0. The van der Waals surface area contributed by atoms with Crippen molar-refractivity contribution < 1.29 is 19.0 Å². The largest absolute Gasteiger partial charge is 0.497 e. The van der Waals surface area contributed by atoms with E-state index in [1.165, 1.54) is 0 Å². The highest BCUT2D eigenvalue weighted by Crippen LogP contribution is 2.33. The number of hydrogen-bond acceptors (Lipinski definition) is 5. The Morgan fingerprint density at radius 2 is 1.42 bits per heavy atom. The van der Waals surface area contributed by atoms with Crippen LogP contribution in [0.3, 0.4) is 0 Å². The molecule has 0 bridgehead atoms. The predicted octanol–water partition coefficient (Wildman–Crippen LogP) is 2.67. The Balaban J connectivity index is 1.68. The average molecular weight is 356 g/mol. The minimum Gasteiger partial charge on any atom is -0.497 e. The molecular formula is C20H24N2O4. The summed E-state index contributed by atoms with van der Waals surface area (Å²) in [6.45, 7) is 2.80. The molecule has 3 rings (SSSR count). The number of rotatable bonds is 5. The molecular weight excluding hydrogens is 332 g/mol. The van der Waals surface area contributed by atoms with E-state index in [4.69, 9.17) is 14.2 Å². The summed E-state index contributed by atoms with van der Waals surface area (Å²) in [7, 11) is 4.93. The number of carbonyl (C=O) groups excluding carboxylic acids is 1. The normalized spacial score (nSPS) is 14.1. The summed E-state index contributed by atoms with van der Waals surface area (Å²) in [5.74, 6) is 2.39. The van der Waals surface area contributed by atoms with Crippen LogP contribution in [0, 0.1) is 0 Å². The van der Waals surface area contributed by atoms with Gasteiger partial charge in [0.15, 0.2) is 0 Å². The molecule has 1 heterocycles. The van der Waals surface area contributed by atoms with Crippen molar-refractivity contribution in [3.8, 4) is 17.2 Å². The number of hydrogen-bond donors (Lipinski definition) is 0. The lowest BCUT2D eigenvalue weighted by molar-refractivity contribution is 0.0746. The lowest BCUT2D eigenvalue weighted by atomic mass is 10.1. The summed E-state index contributed by atoms with van der Waals surface area (Å²) < 4.78 is 15.9. The van der Waals surface area contributed by atoms with Crippen LogP contribution in [0.5, 0.6) is 17.2 Å². The molecule has 1 fully saturated rings. The van der Waals surface area contributed by atoms with E-state index in [9.17, 15) is 4.79 Å². The van der Waals surface area contributed by atoms with Crippen molar-refractivity contribution in [3.05, 3.63) is 48.0 Å². The van der Waals surface area contributed by atoms with E-state index in [-0.39, 0.29) is 5.91 Å². The van der Waals surface area contributed by atoms with Crippen molar-refractivity contribution in [2.75, 3.05) is 52.4 Å². The molecule has 0 N–H and O–H groups in total. The van der Waals surface area contributed by atoms with Crippen LogP contribution in [0.4, 0.5) is 5.69 Å². The van der Waals surface area contributed by atoms with Crippen LogP contribution >= 0.6 is 0 Å². The van der Waals surface area contributed by atoms with E-state index in [1.54, 1.807) is 33.5 Å². The molecule has 0 aromatic heterocycles. The van der Waals surface area contributed by atoms with Gasteiger partial charge >= 0.3 is 0 Å². The molecule has 6 nitrogen and oxygen atoms in total. The third-order valence-electron chi connectivity index (χ3n) is 4.63. The monoisotopic (exact) mass is 356 g/mol. The third kappa shape index (κ3) is 3.69. The maximum atomic E-state index is 12.7. The first-order valence-electron chi connectivity index (χ1n) is 8.56. The van der Waals surface area contributed by atoms with Crippen molar-refractivity contribution in [2.45, 2.75) is 0 Å². The second-order valence-electron chi connectivity index (χ2n) is 6.05. The number of carbonyl (C=O) groups is 1. The maximum Gasteiger partial charge on any atom is 0.253 e. The zero-order chi connectivity index (χ0) is 18.5. The molecule has 0 radical (unpaired) electrons. The number of piperazine rings is 1. The van der Waals surface area contributed by atoms with Crippen molar-refractivity contribution in [1.82, 2.24) is 4.90 Å². The summed E-state index contributed by atoms with van der Waals surface area (Å²) in [6.07, 6.45) is 0. The molecule has 0 atom stereocenters. The lowest BCUT2D eigenvalue weighted by Gasteiger charge is -2.36. The molecule has 0 aliphatic carbocycles. The van der Waals surface area contributed by atoms with Crippen molar-refractivity contribution in [1.29, 1.82) is 0 Å². The van der Waals surface area contributed by atoms with Crippen molar-refractivity contribution in [2.24, 2.45) is 0 Å². The Hall–Kier alpha value is -2.89. The zero-order valence-corrected chi connectivity index (χ0v) is 15.4. The highest BCUT2D eigenvalue weighted by atomic mass is 16.5. The predicted molar refractivity (Wildman–Crippen MR) is 101 cm³/mol. The number of methoxy groups -OCH3 is 3. The van der Waals surface area contributed by atoms with E-state index >= 15 is 0 Å². The molecule has 26 heavy (non-hydrogen) atoms. The van der Waals surface area contributed by atoms with Gasteiger partial charge in [0.25, 0.3) is 5.91 Å². The zero-order valence-electron chi connectivity index (χ0n) is 15.4. The maximum absolute atomic E-state index is 12.7. The van der Waals surface area contributed by atoms with Gasteiger partial charge in [-0.15, -0.1) is 0 Å². The Kier molecular flexibility index (Phi) is 5.51. The summed E-state index contributed by atoms with van der Waals surface area (Å²) in [5, 5.41) is 0. The summed E-state index contributed by atoms with van der Waals surface area (Å²) >= 11 is 0. The van der Waals surface area contributed by atoms with Gasteiger partial charge < -0.3 is 24.0 Å². The van der Waals surface area contributed by atoms with E-state index in [2.05, 4.69) is 4.90 Å². The Bertz CT molecular complexity index is 753. The van der Waals surface area contributed by atoms with E-state index in [0.29, 0.717) is 18.7 Å². The SMILES string of the molecule is COc1ccc(C(=O)N2CCN(c3cc(OC)ccc3OC)CC2)cc1. The van der Waals surface area contributed by atoms with Gasteiger partial charge in [-0.3, -0.25) is 4.79 Å². The minimum atomic E-state index is 0.0462. The second-order valence-corrected chi connectivity index (χ2v) is 6.05. The van der Waals surface area contributed by atoms with Crippen LogP contribution in [0.1, 0.15) is 10.4 Å². The molecule has 1 amide bonds. The number of benzene rings is 2. The van der Waals surface area contributed by atoms with E-state index < -0.39 is 0 Å². The van der Waals surface area contributed by atoms with Crippen LogP contribution in [0.15, 0.2) is 42.5 Å². The van der Waals surface area contributed by atoms with Gasteiger partial charge in [0, 0.05) is 37.8 Å². The van der Waals surface area contributed by atoms with Crippen LogP contribution in [-0.4, -0.2) is 58.3 Å². The minimum absolute atomic E-state index is 0.0462. The van der Waals surface area contributed by atoms with Crippen LogP contribution in [0.25, 0.3) is 0 Å². The molecule has 0 spiro atoms. The molecule has 2 aromatic carbocycles. The van der Waals surface area contributed by atoms with Gasteiger partial charge in [0.2, 0.25) is 0 Å². The van der Waals surface area contributed by atoms with E-state index in [1.807, 2.05) is 35.2 Å². The van der Waals surface area contributed by atoms with Gasteiger partial charge in [-0.05, 0) is 36.4 Å². The lowest BCUT2D eigenvalue weighted by Crippen LogP contribution is -2.48. The Morgan fingerprint density at radius 3 is 2.00 bits per heavy atom. The standard InChI is InChI=1S/C20H24N2O4/c1-24-16-6-4-15(5-7-16)20(23)22-12-10-21(11-13-22)18-14-17(25-2)8-9-19(18)26-3/h4-9,14H,10-13H2,1-3H3. The topological polar surface area (TPSA) is 51.2 Å². The molecule has 0 saturated carbocycles. The molecule has 1 saturated heterocycles. The number of anilines is 1. The molecule has 138 valence electrons. The third-order valence-corrected chi connectivity index (χ3v) is 4.63. The van der Waals surface area contributed by atoms with Crippen molar-refractivity contribution in [3.63, 3.8) is 0 Å². The first-order chi connectivity index (χ1) is 12.7. The van der Waals surface area contributed by atoms with Crippen LogP contribution in [-0.2, 0) is 0 Å². The smallest absolute Gasteiger partial charge is 0.253 e. The van der Waals surface area contributed by atoms with Gasteiger partial charge in [0.05, 0.1) is 27.0 Å². The van der Waals surface area contributed by atoms with Gasteiger partial charge in [-0.1, -0.05) is 0 Å². The fraction of sp³-hybridized carbons (Fsp3) is 0.350. The number of nitrogens with zero attached hydrogens (tertiary/aromatic N) is 2. The molecule has 1 aliphatic rings. The quantitative estimate of drug-likeness (QED) is 0.824. The molecule has 2 aromatic rings. The van der Waals surface area contributed by atoms with Gasteiger partial charge in [0.1, 0.15) is 17.2 Å². The molecule has 6 heteroatoms. The van der Waals surface area contributed by atoms with Gasteiger partial charge in [-0.25, -0.2) is 0 Å². The van der Waals surface area contributed by atoms with Gasteiger partial charge in [-0.2, -0.15) is 0 Å². The fourth-order valence-corrected chi connectivity index (χ4v) is 3.11. The Labute approximate surface area is 153 Å². The number of ether oxygens (including phenoxy) is 3. The van der Waals surface area contributed by atoms with Crippen LogP contribution in [0.2, 0.25) is 0 Å². The summed E-state index contributed by atoms with van der Waals surface area (Å²) in [4.78, 5) is 16.8. The molecule has 0 unspecified atom stereocenters. The average Bonchev–Trinajstić information content (AvgIpc) is 2.73. The highest BCUT2D eigenvalue weighted by molar-refractivity contribution is 5.94. The second kappa shape index (κ2) is 7.99.